The second-order valence-corrected chi connectivity index (χ2v) is 7.91. The van der Waals surface area contributed by atoms with Crippen LogP contribution in [0.1, 0.15) is 109 Å². The molecule has 0 aromatic carbocycles. The molecule has 0 bridgehead atoms. The lowest BCUT2D eigenvalue weighted by Gasteiger charge is -2.02. The lowest BCUT2D eigenvalue weighted by atomic mass is 10.0. The molecule has 1 heteroatoms. The molecule has 0 unspecified atom stereocenters. The molecule has 1 aromatic heterocycles. The van der Waals surface area contributed by atoms with Crippen LogP contribution in [-0.2, 0) is 13.5 Å². The first kappa shape index (κ1) is 22.9. The standard InChI is InChI=1S/C25H44N/c1-3-4-5-6-7-8-9-10-11-12-13-14-15-16-17-18-19-20-25-21-23-26(2)24-22-25/h10-11,21-24H,3-9,12-20H2,1-2H3/q+1/b11-10+. The zero-order chi connectivity index (χ0) is 18.7. The third-order valence-electron chi connectivity index (χ3n) is 5.27. The quantitative estimate of drug-likeness (QED) is 0.154. The fourth-order valence-corrected chi connectivity index (χ4v) is 3.45. The van der Waals surface area contributed by atoms with E-state index in [1.807, 2.05) is 0 Å². The number of unbranched alkanes of at least 4 members (excludes halogenated alkanes) is 13. The molecule has 0 saturated heterocycles. The van der Waals surface area contributed by atoms with E-state index in [1.54, 1.807) is 0 Å². The minimum Gasteiger partial charge on any atom is -0.208 e. The van der Waals surface area contributed by atoms with Crippen molar-refractivity contribution in [3.63, 3.8) is 0 Å². The summed E-state index contributed by atoms with van der Waals surface area (Å²) in [6, 6.07) is 4.50. The fraction of sp³-hybridized carbons (Fsp3) is 0.720. The maximum atomic E-state index is 2.42. The van der Waals surface area contributed by atoms with E-state index in [0.29, 0.717) is 0 Å². The van der Waals surface area contributed by atoms with Gasteiger partial charge in [-0.2, -0.15) is 0 Å². The molecule has 0 atom stereocenters. The summed E-state index contributed by atoms with van der Waals surface area (Å²) in [5, 5.41) is 0. The predicted molar refractivity (Wildman–Crippen MR) is 115 cm³/mol. The zero-order valence-electron chi connectivity index (χ0n) is 17.7. The van der Waals surface area contributed by atoms with Gasteiger partial charge in [-0.3, -0.25) is 0 Å². The average molecular weight is 359 g/mol. The van der Waals surface area contributed by atoms with Gasteiger partial charge >= 0.3 is 0 Å². The van der Waals surface area contributed by atoms with Crippen molar-refractivity contribution in [2.45, 2.75) is 110 Å². The van der Waals surface area contributed by atoms with Crippen LogP contribution in [0.3, 0.4) is 0 Å². The van der Waals surface area contributed by atoms with Gasteiger partial charge in [0.2, 0.25) is 0 Å². The van der Waals surface area contributed by atoms with Gasteiger partial charge < -0.3 is 0 Å². The van der Waals surface area contributed by atoms with E-state index in [-0.39, 0.29) is 0 Å². The molecule has 26 heavy (non-hydrogen) atoms. The number of pyridine rings is 1. The van der Waals surface area contributed by atoms with Gasteiger partial charge in [0.15, 0.2) is 12.4 Å². The molecule has 0 radical (unpaired) electrons. The summed E-state index contributed by atoms with van der Waals surface area (Å²) in [6.07, 6.45) is 31.2. The van der Waals surface area contributed by atoms with Crippen molar-refractivity contribution in [2.75, 3.05) is 0 Å². The summed E-state index contributed by atoms with van der Waals surface area (Å²) >= 11 is 0. The first-order valence-corrected chi connectivity index (χ1v) is 11.4. The molecule has 0 aliphatic heterocycles. The molecule has 1 heterocycles. The van der Waals surface area contributed by atoms with Crippen molar-refractivity contribution in [3.8, 4) is 0 Å². The number of allylic oxidation sites excluding steroid dienone is 2. The molecule has 1 rings (SSSR count). The lowest BCUT2D eigenvalue weighted by molar-refractivity contribution is -0.671. The summed E-state index contributed by atoms with van der Waals surface area (Å²) in [5.74, 6) is 0. The Bertz CT molecular complexity index is 432. The molecule has 0 aliphatic carbocycles. The zero-order valence-corrected chi connectivity index (χ0v) is 17.7. The molecular weight excluding hydrogens is 314 g/mol. The van der Waals surface area contributed by atoms with E-state index in [1.165, 1.54) is 108 Å². The van der Waals surface area contributed by atoms with Crippen molar-refractivity contribution >= 4 is 0 Å². The highest BCUT2D eigenvalue weighted by Gasteiger charge is 1.97. The lowest BCUT2D eigenvalue weighted by Crippen LogP contribution is -2.25. The summed E-state index contributed by atoms with van der Waals surface area (Å²) in [4.78, 5) is 0. The summed E-state index contributed by atoms with van der Waals surface area (Å²) < 4.78 is 2.10. The molecule has 0 spiro atoms. The molecule has 148 valence electrons. The predicted octanol–water partition coefficient (Wildman–Crippen LogP) is 7.48. The highest BCUT2D eigenvalue weighted by atomic mass is 14.9. The van der Waals surface area contributed by atoms with Gasteiger partial charge in [0.1, 0.15) is 7.05 Å². The van der Waals surface area contributed by atoms with Crippen LogP contribution in [0.15, 0.2) is 36.7 Å². The van der Waals surface area contributed by atoms with Crippen LogP contribution in [0.2, 0.25) is 0 Å². The Morgan fingerprint density at radius 2 is 1.12 bits per heavy atom. The third kappa shape index (κ3) is 14.1. The van der Waals surface area contributed by atoms with Crippen LogP contribution in [0.4, 0.5) is 0 Å². The normalized spacial score (nSPS) is 11.5. The van der Waals surface area contributed by atoms with Crippen LogP contribution >= 0.6 is 0 Å². The second-order valence-electron chi connectivity index (χ2n) is 7.91. The van der Waals surface area contributed by atoms with Crippen molar-refractivity contribution in [1.29, 1.82) is 0 Å². The van der Waals surface area contributed by atoms with E-state index >= 15 is 0 Å². The van der Waals surface area contributed by atoms with Gasteiger partial charge in [-0.25, -0.2) is 4.57 Å². The van der Waals surface area contributed by atoms with Crippen LogP contribution < -0.4 is 4.57 Å². The minimum absolute atomic E-state index is 1.24. The topological polar surface area (TPSA) is 3.88 Å². The number of aryl methyl sites for hydroxylation is 2. The molecular formula is C25H44N+. The molecule has 1 nitrogen and oxygen atoms in total. The van der Waals surface area contributed by atoms with Gasteiger partial charge in [0.25, 0.3) is 0 Å². The summed E-state index contributed by atoms with van der Waals surface area (Å²) in [7, 11) is 2.08. The molecule has 0 amide bonds. The van der Waals surface area contributed by atoms with Gasteiger partial charge in [-0.15, -0.1) is 0 Å². The van der Waals surface area contributed by atoms with Gasteiger partial charge in [0.05, 0.1) is 0 Å². The number of hydrogen-bond donors (Lipinski definition) is 0. The number of aromatic nitrogens is 1. The van der Waals surface area contributed by atoms with Crippen molar-refractivity contribution in [3.05, 3.63) is 42.2 Å². The van der Waals surface area contributed by atoms with Crippen LogP contribution in [-0.4, -0.2) is 0 Å². The SMILES string of the molecule is CCCCCCCC/C=C/CCCCCCCCCc1cc[n+](C)cc1. The largest absolute Gasteiger partial charge is 0.208 e. The first-order chi connectivity index (χ1) is 12.8. The van der Waals surface area contributed by atoms with E-state index < -0.39 is 0 Å². The van der Waals surface area contributed by atoms with Gasteiger partial charge in [-0.05, 0) is 44.1 Å². The monoisotopic (exact) mass is 358 g/mol. The summed E-state index contributed by atoms with van der Waals surface area (Å²) in [5.41, 5.74) is 1.48. The fourth-order valence-electron chi connectivity index (χ4n) is 3.45. The Kier molecular flexibility index (Phi) is 15.3. The third-order valence-corrected chi connectivity index (χ3v) is 5.27. The van der Waals surface area contributed by atoms with Crippen LogP contribution in [0.25, 0.3) is 0 Å². The molecule has 0 fully saturated rings. The molecule has 0 saturated carbocycles. The Morgan fingerprint density at radius 1 is 0.654 bits per heavy atom. The van der Waals surface area contributed by atoms with E-state index in [9.17, 15) is 0 Å². The van der Waals surface area contributed by atoms with Crippen molar-refractivity contribution in [2.24, 2.45) is 7.05 Å². The smallest absolute Gasteiger partial charge is 0.168 e. The molecule has 0 N–H and O–H groups in total. The average Bonchev–Trinajstić information content (AvgIpc) is 2.66. The summed E-state index contributed by atoms with van der Waals surface area (Å²) in [6.45, 7) is 2.29. The highest BCUT2D eigenvalue weighted by molar-refractivity contribution is 5.06. The van der Waals surface area contributed by atoms with E-state index in [4.69, 9.17) is 0 Å². The Balaban J connectivity index is 1.78. The molecule has 0 aliphatic rings. The minimum atomic E-state index is 1.24. The maximum absolute atomic E-state index is 2.42. The maximum Gasteiger partial charge on any atom is 0.168 e. The van der Waals surface area contributed by atoms with E-state index in [0.717, 1.165) is 0 Å². The number of nitrogens with zero attached hydrogens (tertiary/aromatic N) is 1. The highest BCUT2D eigenvalue weighted by Crippen LogP contribution is 2.12. The van der Waals surface area contributed by atoms with Crippen molar-refractivity contribution < 1.29 is 4.57 Å². The first-order valence-electron chi connectivity index (χ1n) is 11.4. The Morgan fingerprint density at radius 3 is 1.65 bits per heavy atom. The van der Waals surface area contributed by atoms with Gasteiger partial charge in [-0.1, -0.05) is 83.3 Å². The van der Waals surface area contributed by atoms with Crippen molar-refractivity contribution in [1.82, 2.24) is 0 Å². The van der Waals surface area contributed by atoms with Crippen LogP contribution in [0, 0.1) is 0 Å². The van der Waals surface area contributed by atoms with Crippen LogP contribution in [0.5, 0.6) is 0 Å². The van der Waals surface area contributed by atoms with Gasteiger partial charge in [0, 0.05) is 12.1 Å². The van der Waals surface area contributed by atoms with E-state index in [2.05, 4.69) is 55.2 Å². The Labute approximate surface area is 163 Å². The molecule has 1 aromatic rings. The number of hydrogen-bond acceptors (Lipinski definition) is 0. The second kappa shape index (κ2) is 17.3. The Hall–Kier alpha value is -1.11. The number of rotatable bonds is 17.